The van der Waals surface area contributed by atoms with Crippen molar-refractivity contribution in [2.75, 3.05) is 0 Å². The van der Waals surface area contributed by atoms with E-state index in [1.165, 1.54) is 25.7 Å². The number of allylic oxidation sites excluding steroid dienone is 4. The topological polar surface area (TPSA) is 17.1 Å². The van der Waals surface area contributed by atoms with Crippen LogP contribution in [-0.4, -0.2) is 3.60 Å². The largest absolute Gasteiger partial charge is 0.273 e. The number of carbonyl (C=O) groups is 1. The van der Waals surface area contributed by atoms with Crippen molar-refractivity contribution in [3.05, 3.63) is 24.3 Å². The molecule has 0 N–H and O–H groups in total. The standard InChI is InChI=1S/C8H12.CBr2O.Co/c1-2-4-6-8-7-5-3-1;2-1(3)4;/h1-4H,5-8H2;;. The van der Waals surface area contributed by atoms with Crippen LogP contribution in [0.15, 0.2) is 24.3 Å². The Bertz CT molecular complexity index is 160. The summed E-state index contributed by atoms with van der Waals surface area (Å²) in [5.41, 5.74) is 0. The Kier molecular flexibility index (Phi) is 15.6. The van der Waals surface area contributed by atoms with E-state index in [4.69, 9.17) is 0 Å². The second-order valence-corrected chi connectivity index (χ2v) is 4.87. The van der Waals surface area contributed by atoms with Gasteiger partial charge < -0.3 is 0 Å². The average molecular weight is 355 g/mol. The van der Waals surface area contributed by atoms with Crippen molar-refractivity contribution in [2.24, 2.45) is 0 Å². The molecule has 0 atom stereocenters. The number of halogens is 2. The van der Waals surface area contributed by atoms with Gasteiger partial charge >= 0.3 is 0 Å². The predicted molar refractivity (Wildman–Crippen MR) is 60.0 cm³/mol. The quantitative estimate of drug-likeness (QED) is 0.582. The van der Waals surface area contributed by atoms with Gasteiger partial charge in [0.15, 0.2) is 0 Å². The number of hydrogen-bond acceptors (Lipinski definition) is 1. The molecule has 0 aliphatic heterocycles. The van der Waals surface area contributed by atoms with Crippen LogP contribution in [0.4, 0.5) is 4.79 Å². The van der Waals surface area contributed by atoms with E-state index in [0.29, 0.717) is 0 Å². The Morgan fingerprint density at radius 3 is 1.62 bits per heavy atom. The second-order valence-electron chi connectivity index (χ2n) is 2.37. The first-order valence-corrected chi connectivity index (χ1v) is 5.48. The van der Waals surface area contributed by atoms with Crippen LogP contribution in [0.2, 0.25) is 0 Å². The Balaban J connectivity index is 0. The predicted octanol–water partition coefficient (Wildman–Crippen LogP) is 4.57. The van der Waals surface area contributed by atoms with Crippen LogP contribution < -0.4 is 0 Å². The maximum Gasteiger partial charge on any atom is 0.262 e. The molecule has 0 amide bonds. The molecule has 1 aliphatic rings. The van der Waals surface area contributed by atoms with E-state index in [-0.39, 0.29) is 20.4 Å². The van der Waals surface area contributed by atoms with Crippen LogP contribution in [0, 0.1) is 0 Å². The minimum absolute atomic E-state index is 0. The Hall–Kier alpha value is 0.616. The fraction of sp³-hybridized carbons (Fsp3) is 0.444. The molecular weight excluding hydrogens is 343 g/mol. The molecule has 0 saturated carbocycles. The SMILES string of the molecule is C1=CCCCCC=C1.O=C(Br)Br.[Co]. The molecule has 0 aromatic carbocycles. The van der Waals surface area contributed by atoms with Gasteiger partial charge in [-0.3, -0.25) is 4.79 Å². The van der Waals surface area contributed by atoms with Crippen LogP contribution in [0.3, 0.4) is 0 Å². The van der Waals surface area contributed by atoms with Gasteiger partial charge in [-0.2, -0.15) is 0 Å². The molecule has 0 aromatic rings. The summed E-state index contributed by atoms with van der Waals surface area (Å²) in [4.78, 5) is 9.28. The van der Waals surface area contributed by atoms with Crippen molar-refractivity contribution in [3.8, 4) is 0 Å². The fourth-order valence-electron chi connectivity index (χ4n) is 0.874. The fourth-order valence-corrected chi connectivity index (χ4v) is 0.874. The molecule has 1 nitrogen and oxygen atoms in total. The molecule has 13 heavy (non-hydrogen) atoms. The molecule has 1 aliphatic carbocycles. The van der Waals surface area contributed by atoms with E-state index < -0.39 is 0 Å². The summed E-state index contributed by atoms with van der Waals surface area (Å²) in [7, 11) is 0. The van der Waals surface area contributed by atoms with E-state index in [0.717, 1.165) is 0 Å². The van der Waals surface area contributed by atoms with Gasteiger partial charge in [0, 0.05) is 48.6 Å². The summed E-state index contributed by atoms with van der Waals surface area (Å²) < 4.78 is -0.208. The first kappa shape index (κ1) is 16.1. The van der Waals surface area contributed by atoms with Crippen molar-refractivity contribution < 1.29 is 21.6 Å². The van der Waals surface area contributed by atoms with Gasteiger partial charge in [0.1, 0.15) is 0 Å². The van der Waals surface area contributed by atoms with Gasteiger partial charge in [0.2, 0.25) is 0 Å². The molecule has 0 unspecified atom stereocenters. The molecular formula is C9H12Br2CoO. The summed E-state index contributed by atoms with van der Waals surface area (Å²) in [6.45, 7) is 0. The number of carbonyl (C=O) groups excluding carboxylic acids is 1. The van der Waals surface area contributed by atoms with Crippen molar-refractivity contribution >= 4 is 35.5 Å². The van der Waals surface area contributed by atoms with Gasteiger partial charge in [-0.05, 0) is 25.7 Å². The third kappa shape index (κ3) is 19.2. The monoisotopic (exact) mass is 353 g/mol. The third-order valence-corrected chi connectivity index (χ3v) is 1.37. The first-order valence-electron chi connectivity index (χ1n) is 3.90. The van der Waals surface area contributed by atoms with Gasteiger partial charge in [-0.1, -0.05) is 24.3 Å². The summed E-state index contributed by atoms with van der Waals surface area (Å²) in [6.07, 6.45) is 14.0. The average Bonchev–Trinajstić information content (AvgIpc) is 1.82. The van der Waals surface area contributed by atoms with Gasteiger partial charge in [-0.25, -0.2) is 0 Å². The van der Waals surface area contributed by atoms with Crippen LogP contribution >= 0.6 is 31.9 Å². The van der Waals surface area contributed by atoms with Crippen molar-refractivity contribution in [1.82, 2.24) is 0 Å². The zero-order valence-electron chi connectivity index (χ0n) is 7.14. The summed E-state index contributed by atoms with van der Waals surface area (Å²) in [6, 6.07) is 0. The number of rotatable bonds is 0. The van der Waals surface area contributed by atoms with E-state index >= 15 is 0 Å². The van der Waals surface area contributed by atoms with Crippen molar-refractivity contribution in [2.45, 2.75) is 25.7 Å². The minimum Gasteiger partial charge on any atom is -0.273 e. The molecule has 77 valence electrons. The van der Waals surface area contributed by atoms with Gasteiger partial charge in [0.05, 0.1) is 0 Å². The zero-order chi connectivity index (χ0) is 9.23. The molecule has 1 radical (unpaired) electrons. The maximum absolute atomic E-state index is 9.28. The summed E-state index contributed by atoms with van der Waals surface area (Å²) in [5, 5.41) is 0. The van der Waals surface area contributed by atoms with Gasteiger partial charge in [-0.15, -0.1) is 0 Å². The third-order valence-electron chi connectivity index (χ3n) is 1.37. The molecule has 0 heterocycles. The van der Waals surface area contributed by atoms with Crippen LogP contribution in [0.1, 0.15) is 25.7 Å². The Morgan fingerprint density at radius 1 is 1.00 bits per heavy atom. The smallest absolute Gasteiger partial charge is 0.262 e. The van der Waals surface area contributed by atoms with Crippen molar-refractivity contribution in [3.63, 3.8) is 0 Å². The molecule has 1 rings (SSSR count). The van der Waals surface area contributed by atoms with Crippen LogP contribution in [0.5, 0.6) is 0 Å². The van der Waals surface area contributed by atoms with E-state index in [2.05, 4.69) is 56.2 Å². The minimum atomic E-state index is -0.208. The Morgan fingerprint density at radius 2 is 1.31 bits per heavy atom. The molecule has 0 saturated heterocycles. The summed E-state index contributed by atoms with van der Waals surface area (Å²) in [5.74, 6) is 0. The normalized spacial score (nSPS) is 14.3. The summed E-state index contributed by atoms with van der Waals surface area (Å²) >= 11 is 5.10. The molecule has 4 heteroatoms. The van der Waals surface area contributed by atoms with Crippen molar-refractivity contribution in [1.29, 1.82) is 0 Å². The second kappa shape index (κ2) is 12.6. The van der Waals surface area contributed by atoms with E-state index in [1.54, 1.807) is 0 Å². The van der Waals surface area contributed by atoms with Gasteiger partial charge in [0.25, 0.3) is 3.60 Å². The van der Waals surface area contributed by atoms with E-state index in [1.807, 2.05) is 0 Å². The number of hydrogen-bond donors (Lipinski definition) is 0. The maximum atomic E-state index is 9.28. The Labute approximate surface area is 106 Å². The van der Waals surface area contributed by atoms with Crippen LogP contribution in [-0.2, 0) is 16.8 Å². The first-order chi connectivity index (χ1) is 5.73. The molecule has 0 spiro atoms. The molecule has 0 bridgehead atoms. The molecule has 0 fully saturated rings. The van der Waals surface area contributed by atoms with Crippen LogP contribution in [0.25, 0.3) is 0 Å². The zero-order valence-corrected chi connectivity index (χ0v) is 11.3. The molecule has 0 aromatic heterocycles. The van der Waals surface area contributed by atoms with E-state index in [9.17, 15) is 4.79 Å².